The average Bonchev–Trinajstić information content (AvgIpc) is 3.00. The van der Waals surface area contributed by atoms with Crippen molar-refractivity contribution in [2.24, 2.45) is 5.10 Å². The summed E-state index contributed by atoms with van der Waals surface area (Å²) >= 11 is 0. The minimum Gasteiger partial charge on any atom is -0.311 e. The van der Waals surface area contributed by atoms with E-state index in [1.807, 2.05) is 24.3 Å². The van der Waals surface area contributed by atoms with Gasteiger partial charge in [-0.3, -0.25) is 5.43 Å². The molecule has 0 fully saturated rings. The lowest BCUT2D eigenvalue weighted by atomic mass is 10.1. The predicted octanol–water partition coefficient (Wildman–Crippen LogP) is 2.10. The summed E-state index contributed by atoms with van der Waals surface area (Å²) < 4.78 is 2.14. The summed E-state index contributed by atoms with van der Waals surface area (Å²) in [5.41, 5.74) is 4.11. The van der Waals surface area contributed by atoms with Crippen LogP contribution in [0.3, 0.4) is 0 Å². The lowest BCUT2D eigenvalue weighted by Gasteiger charge is -2.14. The average molecular weight is 291 g/mol. The lowest BCUT2D eigenvalue weighted by molar-refractivity contribution is 0.526. The fraction of sp³-hybridized carbons (Fsp3) is 0.267. The van der Waals surface area contributed by atoms with E-state index in [0.29, 0.717) is 5.69 Å². The summed E-state index contributed by atoms with van der Waals surface area (Å²) in [6, 6.07) is 10.9. The highest BCUT2D eigenvalue weighted by Crippen LogP contribution is 2.25. The van der Waals surface area contributed by atoms with Crippen molar-refractivity contribution in [3.05, 3.63) is 30.1 Å². The second kappa shape index (κ2) is 6.06. The second-order valence-electron chi connectivity index (χ2n) is 4.93. The van der Waals surface area contributed by atoms with Crippen LogP contribution in [-0.2, 0) is 13.0 Å². The molecule has 2 aromatic rings. The Labute approximate surface area is 127 Å². The van der Waals surface area contributed by atoms with Gasteiger partial charge in [0.1, 0.15) is 18.0 Å². The molecule has 0 saturated heterocycles. The Morgan fingerprint density at radius 3 is 2.91 bits per heavy atom. The van der Waals surface area contributed by atoms with Crippen LogP contribution >= 0.6 is 0 Å². The molecule has 0 unspecified atom stereocenters. The van der Waals surface area contributed by atoms with Gasteiger partial charge < -0.3 is 4.57 Å². The maximum atomic E-state index is 8.68. The molecule has 0 spiro atoms. The quantitative estimate of drug-likeness (QED) is 0.689. The van der Waals surface area contributed by atoms with Crippen molar-refractivity contribution < 1.29 is 0 Å². The fourth-order valence-electron chi connectivity index (χ4n) is 2.45. The van der Waals surface area contributed by atoms with E-state index in [0.717, 1.165) is 43.0 Å². The van der Waals surface area contributed by atoms with E-state index in [1.165, 1.54) is 0 Å². The fourth-order valence-corrected chi connectivity index (χ4v) is 2.45. The number of rotatable bonds is 3. The summed E-state index contributed by atoms with van der Waals surface area (Å²) in [6.07, 6.45) is 3.25. The predicted molar refractivity (Wildman–Crippen MR) is 80.7 cm³/mol. The van der Waals surface area contributed by atoms with Crippen LogP contribution in [0.4, 0.5) is 5.69 Å². The van der Waals surface area contributed by atoms with Crippen LogP contribution in [0.15, 0.2) is 29.4 Å². The highest BCUT2D eigenvalue weighted by atomic mass is 15.3. The van der Waals surface area contributed by atoms with Crippen LogP contribution in [0, 0.1) is 22.7 Å². The van der Waals surface area contributed by atoms with Crippen molar-refractivity contribution in [2.75, 3.05) is 5.43 Å². The van der Waals surface area contributed by atoms with Gasteiger partial charge in [-0.15, -0.1) is 10.2 Å². The Morgan fingerprint density at radius 1 is 1.23 bits per heavy atom. The zero-order valence-corrected chi connectivity index (χ0v) is 11.8. The number of nitriles is 2. The number of aromatic nitrogens is 3. The molecule has 3 rings (SSSR count). The van der Waals surface area contributed by atoms with Crippen molar-refractivity contribution in [3.63, 3.8) is 0 Å². The van der Waals surface area contributed by atoms with E-state index in [4.69, 9.17) is 10.5 Å². The first-order valence-corrected chi connectivity index (χ1v) is 6.98. The first-order valence-electron chi connectivity index (χ1n) is 6.98. The van der Waals surface area contributed by atoms with Crippen LogP contribution in [-0.4, -0.2) is 20.5 Å². The van der Waals surface area contributed by atoms with E-state index >= 15 is 0 Å². The minimum absolute atomic E-state index is 0.217. The Morgan fingerprint density at radius 2 is 2.09 bits per heavy atom. The molecule has 7 nitrogen and oxygen atoms in total. The summed E-state index contributed by atoms with van der Waals surface area (Å²) in [5.74, 6) is 1.86. The van der Waals surface area contributed by atoms with Crippen LogP contribution in [0.2, 0.25) is 0 Å². The molecule has 0 bridgehead atoms. The summed E-state index contributed by atoms with van der Waals surface area (Å²) in [5, 5.41) is 29.6. The third-order valence-corrected chi connectivity index (χ3v) is 3.49. The number of benzene rings is 1. The van der Waals surface area contributed by atoms with Gasteiger partial charge in [0.15, 0.2) is 5.82 Å². The molecule has 2 heterocycles. The van der Waals surface area contributed by atoms with Gasteiger partial charge in [-0.25, -0.2) is 0 Å². The molecule has 1 N–H and O–H groups in total. The Balaban J connectivity index is 1.89. The number of nitrogens with zero attached hydrogens (tertiary/aromatic N) is 6. The number of nitrogens with one attached hydrogen (secondary N) is 1. The van der Waals surface area contributed by atoms with Crippen molar-refractivity contribution >= 4 is 11.4 Å². The molecular formula is C15H13N7. The highest BCUT2D eigenvalue weighted by molar-refractivity contribution is 6.10. The Bertz CT molecular complexity index is 788. The van der Waals surface area contributed by atoms with Gasteiger partial charge in [0.2, 0.25) is 5.71 Å². The normalized spacial score (nSPS) is 12.6. The summed E-state index contributed by atoms with van der Waals surface area (Å²) in [4.78, 5) is 0. The largest absolute Gasteiger partial charge is 0.311 e. The first kappa shape index (κ1) is 13.8. The van der Waals surface area contributed by atoms with Crippen molar-refractivity contribution in [2.45, 2.75) is 25.8 Å². The van der Waals surface area contributed by atoms with Crippen molar-refractivity contribution in [3.8, 4) is 23.5 Å². The van der Waals surface area contributed by atoms with Crippen LogP contribution in [0.5, 0.6) is 0 Å². The number of hydrogen-bond donors (Lipinski definition) is 1. The van der Waals surface area contributed by atoms with Gasteiger partial charge in [0.25, 0.3) is 0 Å². The molecule has 7 heteroatoms. The van der Waals surface area contributed by atoms with Crippen LogP contribution in [0.25, 0.3) is 11.4 Å². The van der Waals surface area contributed by atoms with Gasteiger partial charge in [-0.05, 0) is 25.0 Å². The van der Waals surface area contributed by atoms with E-state index in [9.17, 15) is 0 Å². The van der Waals surface area contributed by atoms with Gasteiger partial charge in [0.05, 0.1) is 5.69 Å². The molecule has 22 heavy (non-hydrogen) atoms. The monoisotopic (exact) mass is 291 g/mol. The summed E-state index contributed by atoms with van der Waals surface area (Å²) in [6.45, 7) is 0.931. The van der Waals surface area contributed by atoms with E-state index in [-0.39, 0.29) is 5.71 Å². The van der Waals surface area contributed by atoms with E-state index < -0.39 is 0 Å². The third kappa shape index (κ3) is 2.65. The SMILES string of the molecule is N#CC(C#N)=NNc1cccc(-c2nnc3n2CCCC3)c1. The molecule has 1 aromatic carbocycles. The number of anilines is 1. The van der Waals surface area contributed by atoms with E-state index in [1.54, 1.807) is 12.1 Å². The van der Waals surface area contributed by atoms with Gasteiger partial charge in [-0.2, -0.15) is 15.6 Å². The standard InChI is InChI=1S/C15H13N7/c16-9-13(10-17)19-18-12-5-3-4-11(8-12)15-21-20-14-6-1-2-7-22(14)15/h3-5,8,18H,1-2,6-7H2. The number of fused-ring (bicyclic) bond motifs is 1. The number of hydrazone groups is 1. The highest BCUT2D eigenvalue weighted by Gasteiger charge is 2.16. The Kier molecular flexibility index (Phi) is 3.80. The molecule has 0 saturated carbocycles. The van der Waals surface area contributed by atoms with E-state index in [2.05, 4.69) is 25.3 Å². The lowest BCUT2D eigenvalue weighted by Crippen LogP contribution is -2.11. The van der Waals surface area contributed by atoms with Gasteiger partial charge in [0, 0.05) is 18.5 Å². The second-order valence-corrected chi connectivity index (χ2v) is 4.93. The zero-order valence-electron chi connectivity index (χ0n) is 11.8. The molecule has 0 atom stereocenters. The molecule has 0 aliphatic carbocycles. The maximum Gasteiger partial charge on any atom is 0.237 e. The maximum absolute atomic E-state index is 8.68. The smallest absolute Gasteiger partial charge is 0.237 e. The molecule has 0 amide bonds. The molecular weight excluding hydrogens is 278 g/mol. The van der Waals surface area contributed by atoms with Gasteiger partial charge in [-0.1, -0.05) is 12.1 Å². The van der Waals surface area contributed by atoms with Crippen LogP contribution < -0.4 is 5.43 Å². The zero-order chi connectivity index (χ0) is 15.4. The third-order valence-electron chi connectivity index (χ3n) is 3.49. The molecule has 1 aliphatic heterocycles. The molecule has 1 aliphatic rings. The minimum atomic E-state index is -0.217. The molecule has 0 radical (unpaired) electrons. The van der Waals surface area contributed by atoms with Crippen molar-refractivity contribution in [1.82, 2.24) is 14.8 Å². The molecule has 108 valence electrons. The summed E-state index contributed by atoms with van der Waals surface area (Å²) in [7, 11) is 0. The van der Waals surface area contributed by atoms with Crippen molar-refractivity contribution in [1.29, 1.82) is 10.5 Å². The number of aryl methyl sites for hydroxylation is 1. The molecule has 1 aromatic heterocycles. The van der Waals surface area contributed by atoms with Gasteiger partial charge >= 0.3 is 0 Å². The Hall–Kier alpha value is -3.19. The topological polar surface area (TPSA) is 103 Å². The first-order chi connectivity index (χ1) is 10.8. The van der Waals surface area contributed by atoms with Crippen LogP contribution in [0.1, 0.15) is 18.7 Å². The number of hydrogen-bond acceptors (Lipinski definition) is 6.